The Hall–Kier alpha value is -3.64. The number of hydrogen-bond donors (Lipinski definition) is 2. The number of rotatable bonds is 11. The minimum Gasteiger partial charge on any atom is -0.422 e. The molecule has 2 fully saturated rings. The number of hydrogen-bond acceptors (Lipinski definition) is 8. The maximum Gasteiger partial charge on any atom is 0.461 e. The van der Waals surface area contributed by atoms with Crippen molar-refractivity contribution < 1.29 is 59.0 Å². The quantitative estimate of drug-likeness (QED) is 0.202. The van der Waals surface area contributed by atoms with Crippen molar-refractivity contribution in [1.82, 2.24) is 19.8 Å². The highest BCUT2D eigenvalue weighted by atomic mass is 32.2. The zero-order valence-corrected chi connectivity index (χ0v) is 27.8. The predicted molar refractivity (Wildman–Crippen MR) is 160 cm³/mol. The van der Waals surface area contributed by atoms with Crippen molar-refractivity contribution in [1.29, 1.82) is 0 Å². The lowest BCUT2D eigenvalue weighted by atomic mass is 10.0. The molecular formula is C30H39F5N4O8S. The van der Waals surface area contributed by atoms with Gasteiger partial charge in [-0.2, -0.15) is 26.3 Å². The van der Waals surface area contributed by atoms with Crippen LogP contribution in [0.25, 0.3) is 0 Å². The first-order valence-electron chi connectivity index (χ1n) is 15.2. The average molecular weight is 711 g/mol. The molecule has 2 aliphatic heterocycles. The van der Waals surface area contributed by atoms with Crippen LogP contribution < -0.4 is 10.6 Å². The van der Waals surface area contributed by atoms with Crippen LogP contribution in [-0.4, -0.2) is 98.3 Å². The van der Waals surface area contributed by atoms with Crippen LogP contribution >= 0.6 is 0 Å². The number of likely N-dealkylation sites (tertiary alicyclic amines) is 1. The van der Waals surface area contributed by atoms with E-state index in [4.69, 9.17) is 4.74 Å². The van der Waals surface area contributed by atoms with Crippen molar-refractivity contribution in [2.75, 3.05) is 32.8 Å². The van der Waals surface area contributed by atoms with E-state index in [2.05, 4.69) is 10.1 Å². The Morgan fingerprint density at radius 2 is 1.54 bits per heavy atom. The van der Waals surface area contributed by atoms with E-state index in [-0.39, 0.29) is 56.1 Å². The molecule has 12 nitrogen and oxygen atoms in total. The van der Waals surface area contributed by atoms with E-state index in [0.29, 0.717) is 6.92 Å². The van der Waals surface area contributed by atoms with Crippen molar-refractivity contribution in [2.45, 2.75) is 76.5 Å². The summed E-state index contributed by atoms with van der Waals surface area (Å²) in [6.45, 7) is 7.17. The van der Waals surface area contributed by atoms with Crippen LogP contribution in [0.5, 0.6) is 0 Å². The van der Waals surface area contributed by atoms with E-state index >= 15 is 0 Å². The lowest BCUT2D eigenvalue weighted by molar-refractivity contribution is -0.276. The van der Waals surface area contributed by atoms with Crippen molar-refractivity contribution in [3.05, 3.63) is 41.3 Å². The van der Waals surface area contributed by atoms with E-state index in [1.54, 1.807) is 13.8 Å². The molecule has 268 valence electrons. The van der Waals surface area contributed by atoms with Crippen molar-refractivity contribution in [3.8, 4) is 0 Å². The topological polar surface area (TPSA) is 151 Å². The third-order valence-electron chi connectivity index (χ3n) is 7.75. The lowest BCUT2D eigenvalue weighted by Crippen LogP contribution is -2.55. The number of carbonyl (C=O) groups excluding carboxylic acids is 4. The number of esters is 1. The Morgan fingerprint density at radius 1 is 0.958 bits per heavy atom. The Balaban J connectivity index is 1.82. The predicted octanol–water partition coefficient (Wildman–Crippen LogP) is 3.20. The summed E-state index contributed by atoms with van der Waals surface area (Å²) in [4.78, 5) is 52.8. The van der Waals surface area contributed by atoms with Gasteiger partial charge in [0.2, 0.25) is 27.6 Å². The number of nitrogens with one attached hydrogen (secondary N) is 2. The average Bonchev–Trinajstić information content (AvgIpc) is 3.51. The molecule has 2 saturated heterocycles. The first-order valence-corrected chi connectivity index (χ1v) is 16.6. The second-order valence-corrected chi connectivity index (χ2v) is 13.9. The highest BCUT2D eigenvalue weighted by Crippen LogP contribution is 2.43. The van der Waals surface area contributed by atoms with Crippen LogP contribution in [0, 0.1) is 11.8 Å². The summed E-state index contributed by atoms with van der Waals surface area (Å²) in [5, 5.41) is 4.64. The molecule has 0 spiro atoms. The molecule has 3 rings (SSSR count). The standard InChI is InChI=1S/C30H39F5N4O8S/c1-17(2)23(25(47-19(5)40)29(31,32)30(33,34)35)36-27(42)22-7-6-12-39(22)28(43)24(18(3)4)37-26(41)20-8-10-21(11-9-20)48(44,45)38-13-15-46-16-14-38/h8-11,17-18,22,24H,6-7,12-16H2,1-5H3,(H,36,42)(H,37,41)/b25-23+/t22-,24-/m0/s1. The minimum atomic E-state index is -6.15. The number of carbonyl (C=O) groups is 4. The largest absolute Gasteiger partial charge is 0.461 e. The van der Waals surface area contributed by atoms with Crippen LogP contribution in [0.1, 0.15) is 57.8 Å². The van der Waals surface area contributed by atoms with Crippen LogP contribution in [0.15, 0.2) is 40.6 Å². The third-order valence-corrected chi connectivity index (χ3v) is 9.66. The summed E-state index contributed by atoms with van der Waals surface area (Å²) in [5.74, 6) is -13.4. The molecule has 0 unspecified atom stereocenters. The van der Waals surface area contributed by atoms with Gasteiger partial charge in [0.15, 0.2) is 0 Å². The molecule has 0 bridgehead atoms. The molecule has 2 heterocycles. The van der Waals surface area contributed by atoms with E-state index in [0.717, 1.165) is 4.90 Å². The number of allylic oxidation sites excluding steroid dienone is 2. The monoisotopic (exact) mass is 710 g/mol. The van der Waals surface area contributed by atoms with Crippen LogP contribution in [0.4, 0.5) is 22.0 Å². The molecule has 0 radical (unpaired) electrons. The highest BCUT2D eigenvalue weighted by molar-refractivity contribution is 7.89. The maximum absolute atomic E-state index is 14.5. The molecule has 2 aliphatic rings. The molecule has 0 saturated carbocycles. The molecule has 2 atom stereocenters. The first kappa shape index (κ1) is 38.8. The van der Waals surface area contributed by atoms with E-state index < -0.39 is 81.2 Å². The molecular weight excluding hydrogens is 671 g/mol. The highest BCUT2D eigenvalue weighted by Gasteiger charge is 2.63. The van der Waals surface area contributed by atoms with Gasteiger partial charge in [0, 0.05) is 32.1 Å². The number of nitrogens with zero attached hydrogens (tertiary/aromatic N) is 2. The van der Waals surface area contributed by atoms with Gasteiger partial charge < -0.3 is 25.0 Å². The molecule has 3 amide bonds. The fourth-order valence-electron chi connectivity index (χ4n) is 5.17. The van der Waals surface area contributed by atoms with E-state index in [1.807, 2.05) is 5.32 Å². The molecule has 48 heavy (non-hydrogen) atoms. The number of alkyl halides is 5. The molecule has 18 heteroatoms. The van der Waals surface area contributed by atoms with Gasteiger partial charge in [-0.25, -0.2) is 8.42 Å². The molecule has 2 N–H and O–H groups in total. The number of halogens is 5. The smallest absolute Gasteiger partial charge is 0.422 e. The number of benzene rings is 1. The van der Waals surface area contributed by atoms with Gasteiger partial charge in [0.1, 0.15) is 12.1 Å². The van der Waals surface area contributed by atoms with Gasteiger partial charge in [0.05, 0.1) is 23.8 Å². The Labute approximate surface area is 275 Å². The summed E-state index contributed by atoms with van der Waals surface area (Å²) >= 11 is 0. The van der Waals surface area contributed by atoms with E-state index in [1.165, 1.54) is 42.4 Å². The summed E-state index contributed by atoms with van der Waals surface area (Å²) in [6.07, 6.45) is -5.85. The molecule has 0 aromatic heterocycles. The summed E-state index contributed by atoms with van der Waals surface area (Å²) < 4.78 is 105. The van der Waals surface area contributed by atoms with E-state index in [9.17, 15) is 49.5 Å². The van der Waals surface area contributed by atoms with Gasteiger partial charge in [-0.1, -0.05) is 27.7 Å². The summed E-state index contributed by atoms with van der Waals surface area (Å²) in [5.41, 5.74) is -0.940. The van der Waals surface area contributed by atoms with Gasteiger partial charge in [0.25, 0.3) is 5.91 Å². The maximum atomic E-state index is 14.5. The number of morpholine rings is 1. The third kappa shape index (κ3) is 8.68. The lowest BCUT2D eigenvalue weighted by Gasteiger charge is -2.31. The van der Waals surface area contributed by atoms with Crippen molar-refractivity contribution in [2.24, 2.45) is 11.8 Å². The normalized spacial score (nSPS) is 19.2. The van der Waals surface area contributed by atoms with Gasteiger partial charge in [-0.05, 0) is 48.9 Å². The SMILES string of the molecule is CC(=O)O/C(=C(/NC(=O)[C@@H]1CCCN1C(=O)[C@@H](NC(=O)c1ccc(S(=O)(=O)N2CCOCC2)cc1)C(C)C)C(C)C)C(F)(F)C(F)(F)F. The Bertz CT molecular complexity index is 1510. The van der Waals surface area contributed by atoms with Crippen LogP contribution in [0.2, 0.25) is 0 Å². The van der Waals surface area contributed by atoms with Gasteiger partial charge in [-0.3, -0.25) is 19.2 Å². The fraction of sp³-hybridized carbons (Fsp3) is 0.600. The summed E-state index contributed by atoms with van der Waals surface area (Å²) in [7, 11) is -3.82. The molecule has 1 aromatic carbocycles. The zero-order chi connectivity index (χ0) is 36.2. The molecule has 1 aromatic rings. The number of amides is 3. The number of ether oxygens (including phenoxy) is 2. The van der Waals surface area contributed by atoms with Gasteiger partial charge >= 0.3 is 18.1 Å². The second-order valence-electron chi connectivity index (χ2n) is 12.0. The molecule has 0 aliphatic carbocycles. The fourth-order valence-corrected chi connectivity index (χ4v) is 6.58. The Kier molecular flexibility index (Phi) is 12.4. The van der Waals surface area contributed by atoms with Crippen molar-refractivity contribution in [3.63, 3.8) is 0 Å². The second kappa shape index (κ2) is 15.3. The summed E-state index contributed by atoms with van der Waals surface area (Å²) in [6, 6.07) is 2.58. The number of sulfonamides is 1. The van der Waals surface area contributed by atoms with Crippen LogP contribution in [0.3, 0.4) is 0 Å². The zero-order valence-electron chi connectivity index (χ0n) is 27.0. The first-order chi connectivity index (χ1) is 22.2. The van der Waals surface area contributed by atoms with Crippen LogP contribution in [-0.2, 0) is 33.9 Å². The minimum absolute atomic E-state index is 0.0142. The van der Waals surface area contributed by atoms with Gasteiger partial charge in [-0.15, -0.1) is 0 Å². The Morgan fingerprint density at radius 3 is 2.04 bits per heavy atom. The van der Waals surface area contributed by atoms with Crippen molar-refractivity contribution >= 4 is 33.7 Å².